The smallest absolute Gasteiger partial charge is 0.0610 e. The van der Waals surface area contributed by atoms with Gasteiger partial charge in [0.2, 0.25) is 0 Å². The number of hydrogen-bond acceptors (Lipinski definition) is 0. The topological polar surface area (TPSA) is 0 Å². The van der Waals surface area contributed by atoms with Crippen molar-refractivity contribution < 1.29 is 0 Å². The third kappa shape index (κ3) is 2.75. The molecular weight excluding hydrogens is 352 g/mol. The van der Waals surface area contributed by atoms with Crippen LogP contribution >= 0.6 is 0 Å². The van der Waals surface area contributed by atoms with Crippen LogP contribution < -0.4 is 0 Å². The molecule has 0 radical (unpaired) electrons. The summed E-state index contributed by atoms with van der Waals surface area (Å²) >= 11 is 0. The molecule has 0 nitrogen and oxygen atoms in total. The van der Waals surface area contributed by atoms with E-state index in [2.05, 4.69) is 52.0 Å². The quantitative estimate of drug-likeness (QED) is 0.415. The lowest BCUT2D eigenvalue weighted by atomic mass is 9.80. The molecule has 0 spiro atoms. The first-order valence-corrected chi connectivity index (χ1v) is 14.8. The molecule has 0 amide bonds. The van der Waals surface area contributed by atoms with Gasteiger partial charge in [0.25, 0.3) is 0 Å². The normalized spacial score (nSPS) is 42.1. The molecule has 152 valence electrons. The van der Waals surface area contributed by atoms with Crippen LogP contribution in [0.25, 0.3) is 0 Å². The highest BCUT2D eigenvalue weighted by Crippen LogP contribution is 2.65. The summed E-state index contributed by atoms with van der Waals surface area (Å²) in [6, 6.07) is 3.31. The monoisotopic (exact) mass is 392 g/mol. The fraction of sp³-hybridized carbons (Fsp3) is 0.704. The molecule has 0 aromatic heterocycles. The lowest BCUT2D eigenvalue weighted by Gasteiger charge is -2.51. The molecule has 5 rings (SSSR count). The van der Waals surface area contributed by atoms with E-state index in [1.54, 1.807) is 60.1 Å². The number of rotatable bonds is 2. The van der Waals surface area contributed by atoms with Crippen molar-refractivity contribution in [3.8, 4) is 0 Å². The minimum absolute atomic E-state index is 0.878. The second kappa shape index (κ2) is 7.15. The van der Waals surface area contributed by atoms with Gasteiger partial charge in [-0.15, -0.1) is 0 Å². The summed E-state index contributed by atoms with van der Waals surface area (Å²) < 4.78 is 0. The number of allylic oxidation sites excluding steroid dienone is 8. The molecule has 6 unspecified atom stereocenters. The van der Waals surface area contributed by atoms with Crippen LogP contribution in [-0.2, 0) is 0 Å². The average molecular weight is 393 g/mol. The Morgan fingerprint density at radius 2 is 1.00 bits per heavy atom. The van der Waals surface area contributed by atoms with E-state index in [1.807, 2.05) is 0 Å². The molecule has 2 saturated carbocycles. The Bertz CT molecular complexity index is 699. The first kappa shape index (κ1) is 19.2. The van der Waals surface area contributed by atoms with Crippen molar-refractivity contribution in [2.45, 2.75) is 95.8 Å². The maximum Gasteiger partial charge on any atom is 0.0610 e. The molecule has 0 N–H and O–H groups in total. The molecule has 1 aliphatic heterocycles. The molecule has 5 aliphatic rings. The summed E-state index contributed by atoms with van der Waals surface area (Å²) in [5, 5.41) is 0. The zero-order chi connectivity index (χ0) is 19.5. The van der Waals surface area contributed by atoms with Gasteiger partial charge in [-0.2, -0.15) is 0 Å². The Morgan fingerprint density at radius 1 is 0.571 bits per heavy atom. The summed E-state index contributed by atoms with van der Waals surface area (Å²) in [5.74, 6) is 3.56. The van der Waals surface area contributed by atoms with Gasteiger partial charge in [0.05, 0.1) is 8.07 Å². The summed E-state index contributed by atoms with van der Waals surface area (Å²) in [7, 11) is -1.31. The van der Waals surface area contributed by atoms with E-state index in [0.717, 1.165) is 34.8 Å². The van der Waals surface area contributed by atoms with Crippen LogP contribution in [0.2, 0.25) is 23.2 Å². The van der Waals surface area contributed by atoms with E-state index in [0.29, 0.717) is 0 Å². The van der Waals surface area contributed by atoms with E-state index < -0.39 is 8.07 Å². The fourth-order valence-electron chi connectivity index (χ4n) is 8.80. The molecule has 0 aromatic rings. The first-order valence-electron chi connectivity index (χ1n) is 12.2. The van der Waals surface area contributed by atoms with Crippen molar-refractivity contribution in [2.75, 3.05) is 0 Å². The van der Waals surface area contributed by atoms with Crippen molar-refractivity contribution >= 4 is 8.07 Å². The predicted molar refractivity (Wildman–Crippen MR) is 124 cm³/mol. The Balaban J connectivity index is 1.54. The number of fused-ring (bicyclic) bond motifs is 2. The molecule has 3 fully saturated rings. The fourth-order valence-corrected chi connectivity index (χ4v) is 16.8. The van der Waals surface area contributed by atoms with Crippen molar-refractivity contribution in [1.82, 2.24) is 0 Å². The van der Waals surface area contributed by atoms with Gasteiger partial charge in [-0.3, -0.25) is 0 Å². The van der Waals surface area contributed by atoms with Gasteiger partial charge in [-0.25, -0.2) is 0 Å². The lowest BCUT2D eigenvalue weighted by molar-refractivity contribution is 0.456. The van der Waals surface area contributed by atoms with E-state index in [1.165, 1.54) is 19.3 Å². The molecule has 0 bridgehead atoms. The molecule has 1 saturated heterocycles. The second-order valence-electron chi connectivity index (χ2n) is 11.1. The van der Waals surface area contributed by atoms with Crippen LogP contribution in [0.4, 0.5) is 0 Å². The van der Waals surface area contributed by atoms with Gasteiger partial charge < -0.3 is 0 Å². The van der Waals surface area contributed by atoms with Crippen molar-refractivity contribution in [2.24, 2.45) is 23.7 Å². The highest BCUT2D eigenvalue weighted by molar-refractivity contribution is 6.83. The van der Waals surface area contributed by atoms with Crippen LogP contribution in [0.1, 0.15) is 72.6 Å². The molecule has 1 heterocycles. The summed E-state index contributed by atoms with van der Waals surface area (Å²) in [6.07, 6.45) is 20.5. The van der Waals surface area contributed by atoms with Gasteiger partial charge in [0.15, 0.2) is 0 Å². The van der Waals surface area contributed by atoms with E-state index in [9.17, 15) is 0 Å². The number of hydrogen-bond donors (Lipinski definition) is 0. The Hall–Kier alpha value is -0.823. The maximum absolute atomic E-state index is 2.50. The molecule has 4 aliphatic carbocycles. The summed E-state index contributed by atoms with van der Waals surface area (Å²) in [6.45, 7) is 9.79. The van der Waals surface area contributed by atoms with Crippen LogP contribution in [0, 0.1) is 23.7 Å². The molecule has 1 heteroatoms. The van der Waals surface area contributed by atoms with Crippen LogP contribution in [-0.4, -0.2) is 8.07 Å². The Labute approximate surface area is 174 Å². The summed E-state index contributed by atoms with van der Waals surface area (Å²) in [4.78, 5) is 0. The molecule has 28 heavy (non-hydrogen) atoms. The average Bonchev–Trinajstić information content (AvgIpc) is 3.35. The first-order chi connectivity index (χ1) is 13.5. The zero-order valence-corrected chi connectivity index (χ0v) is 19.6. The largest absolute Gasteiger partial charge is 0.0696 e. The standard InChI is InChI=1S/C27H40Si/c1-18-8-10-20(3)26-22(18)12-14-24(26)28(16-6-5-7-17-28)25-15-13-23-19(2)9-11-21(4)27(23)25/h8-11,22-27H,5-7,12-17H2,1-4H3. The molecule has 6 atom stereocenters. The highest BCUT2D eigenvalue weighted by Gasteiger charge is 2.58. The Kier molecular flexibility index (Phi) is 4.89. The lowest BCUT2D eigenvalue weighted by Crippen LogP contribution is -2.50. The third-order valence-corrected chi connectivity index (χ3v) is 16.8. The minimum Gasteiger partial charge on any atom is -0.0696 e. The van der Waals surface area contributed by atoms with Crippen LogP contribution in [0.15, 0.2) is 46.6 Å². The maximum atomic E-state index is 2.50. The van der Waals surface area contributed by atoms with Crippen molar-refractivity contribution in [3.63, 3.8) is 0 Å². The zero-order valence-electron chi connectivity index (χ0n) is 18.6. The SMILES string of the molecule is CC1=CC=C(C)C2C1CCC2[Si]1(C2CCC3C(C)=CC=C(C)C32)CCCCC1. The van der Waals surface area contributed by atoms with Gasteiger partial charge in [0.1, 0.15) is 0 Å². The predicted octanol–water partition coefficient (Wildman–Crippen LogP) is 8.22. The molecule has 0 aromatic carbocycles. The van der Waals surface area contributed by atoms with Crippen molar-refractivity contribution in [1.29, 1.82) is 0 Å². The Morgan fingerprint density at radius 3 is 1.46 bits per heavy atom. The van der Waals surface area contributed by atoms with Crippen LogP contribution in [0.3, 0.4) is 0 Å². The van der Waals surface area contributed by atoms with Gasteiger partial charge in [-0.05, 0) is 75.3 Å². The summed E-state index contributed by atoms with van der Waals surface area (Å²) in [5.41, 5.74) is 8.99. The van der Waals surface area contributed by atoms with E-state index >= 15 is 0 Å². The molecular formula is C27H40Si. The van der Waals surface area contributed by atoms with Gasteiger partial charge in [0, 0.05) is 0 Å². The van der Waals surface area contributed by atoms with E-state index in [-0.39, 0.29) is 0 Å². The van der Waals surface area contributed by atoms with Gasteiger partial charge >= 0.3 is 0 Å². The van der Waals surface area contributed by atoms with Crippen LogP contribution in [0.5, 0.6) is 0 Å². The van der Waals surface area contributed by atoms with Crippen molar-refractivity contribution in [3.05, 3.63) is 46.6 Å². The minimum atomic E-state index is -1.31. The third-order valence-electron chi connectivity index (χ3n) is 10.0. The van der Waals surface area contributed by atoms with Gasteiger partial charge in [-0.1, -0.05) is 90.8 Å². The highest BCUT2D eigenvalue weighted by atomic mass is 28.3. The second-order valence-corrected chi connectivity index (χ2v) is 16.0. The van der Waals surface area contributed by atoms with E-state index in [4.69, 9.17) is 0 Å².